The molecular formula is C27H31N3O. The highest BCUT2D eigenvalue weighted by atomic mass is 16.2. The molecule has 0 radical (unpaired) electrons. The summed E-state index contributed by atoms with van der Waals surface area (Å²) in [5.74, 6) is 0.166. The van der Waals surface area contributed by atoms with E-state index in [2.05, 4.69) is 69.8 Å². The second-order valence-electron chi connectivity index (χ2n) is 8.51. The van der Waals surface area contributed by atoms with Crippen molar-refractivity contribution in [1.82, 2.24) is 15.2 Å². The van der Waals surface area contributed by atoms with Gasteiger partial charge in [0, 0.05) is 26.0 Å². The molecule has 0 unspecified atom stereocenters. The standard InChI is InChI=1S/C27H31N3O/c1-28-26(31)27(14-19-30(20-15-27)18-13-22-7-3-2-4-8-22)21-24-9-5-6-10-25(24)23-11-16-29-17-12-23/h2-12,16-17H,13-15,18-21H2,1H3,(H,28,31). The Morgan fingerprint density at radius 3 is 2.35 bits per heavy atom. The maximum atomic E-state index is 13.1. The summed E-state index contributed by atoms with van der Waals surface area (Å²) in [6, 6.07) is 23.2. The van der Waals surface area contributed by atoms with Gasteiger partial charge in [-0.05, 0) is 73.2 Å². The SMILES string of the molecule is CNC(=O)C1(Cc2ccccc2-c2ccncc2)CCN(CCc2ccccc2)CC1. The Hall–Kier alpha value is -2.98. The number of hydrogen-bond donors (Lipinski definition) is 1. The number of pyridine rings is 1. The van der Waals surface area contributed by atoms with Gasteiger partial charge in [0.2, 0.25) is 5.91 Å². The zero-order valence-corrected chi connectivity index (χ0v) is 18.3. The molecule has 1 saturated heterocycles. The van der Waals surface area contributed by atoms with Gasteiger partial charge in [0.05, 0.1) is 5.41 Å². The maximum absolute atomic E-state index is 13.1. The number of piperidine rings is 1. The first-order valence-electron chi connectivity index (χ1n) is 11.2. The van der Waals surface area contributed by atoms with Gasteiger partial charge in [-0.3, -0.25) is 9.78 Å². The third-order valence-corrected chi connectivity index (χ3v) is 6.62. The van der Waals surface area contributed by atoms with Crippen molar-refractivity contribution in [2.24, 2.45) is 5.41 Å². The molecule has 1 aromatic heterocycles. The van der Waals surface area contributed by atoms with Crippen LogP contribution in [0.1, 0.15) is 24.0 Å². The number of nitrogens with one attached hydrogen (secondary N) is 1. The predicted octanol–water partition coefficient (Wildman–Crippen LogP) is 4.36. The summed E-state index contributed by atoms with van der Waals surface area (Å²) < 4.78 is 0. The number of hydrogen-bond acceptors (Lipinski definition) is 3. The van der Waals surface area contributed by atoms with Crippen molar-refractivity contribution in [2.75, 3.05) is 26.7 Å². The van der Waals surface area contributed by atoms with Crippen LogP contribution in [0.5, 0.6) is 0 Å². The molecule has 4 rings (SSSR count). The Bertz CT molecular complexity index is 980. The van der Waals surface area contributed by atoms with Crippen molar-refractivity contribution in [3.05, 3.63) is 90.3 Å². The number of likely N-dealkylation sites (tertiary alicyclic amines) is 1. The van der Waals surface area contributed by atoms with E-state index in [0.717, 1.165) is 50.9 Å². The normalized spacial score (nSPS) is 16.0. The lowest BCUT2D eigenvalue weighted by Gasteiger charge is -2.41. The summed E-state index contributed by atoms with van der Waals surface area (Å²) in [5, 5.41) is 2.96. The molecule has 0 saturated carbocycles. The highest BCUT2D eigenvalue weighted by Gasteiger charge is 2.41. The molecule has 31 heavy (non-hydrogen) atoms. The predicted molar refractivity (Wildman–Crippen MR) is 126 cm³/mol. The molecule has 4 heteroatoms. The average molecular weight is 414 g/mol. The summed E-state index contributed by atoms with van der Waals surface area (Å²) >= 11 is 0. The molecule has 3 aromatic rings. The van der Waals surface area contributed by atoms with Gasteiger partial charge in [0.25, 0.3) is 0 Å². The van der Waals surface area contributed by atoms with Crippen molar-refractivity contribution < 1.29 is 4.79 Å². The number of amides is 1. The molecule has 1 fully saturated rings. The van der Waals surface area contributed by atoms with E-state index in [9.17, 15) is 4.79 Å². The van der Waals surface area contributed by atoms with E-state index in [1.54, 1.807) is 7.05 Å². The van der Waals surface area contributed by atoms with Crippen LogP contribution in [0.15, 0.2) is 79.1 Å². The fourth-order valence-corrected chi connectivity index (χ4v) is 4.74. The van der Waals surface area contributed by atoms with E-state index < -0.39 is 0 Å². The van der Waals surface area contributed by atoms with Crippen LogP contribution in [0, 0.1) is 5.41 Å². The van der Waals surface area contributed by atoms with Gasteiger partial charge in [-0.25, -0.2) is 0 Å². The lowest BCUT2D eigenvalue weighted by molar-refractivity contribution is -0.133. The van der Waals surface area contributed by atoms with Gasteiger partial charge in [-0.1, -0.05) is 54.6 Å². The van der Waals surface area contributed by atoms with Gasteiger partial charge >= 0.3 is 0 Å². The van der Waals surface area contributed by atoms with Crippen LogP contribution in [-0.4, -0.2) is 42.5 Å². The number of aromatic nitrogens is 1. The monoisotopic (exact) mass is 413 g/mol. The van der Waals surface area contributed by atoms with Gasteiger partial charge in [-0.2, -0.15) is 0 Å². The van der Waals surface area contributed by atoms with Crippen LogP contribution < -0.4 is 5.32 Å². The molecule has 4 nitrogen and oxygen atoms in total. The Morgan fingerprint density at radius 2 is 1.65 bits per heavy atom. The Morgan fingerprint density at radius 1 is 0.968 bits per heavy atom. The van der Waals surface area contributed by atoms with Crippen molar-refractivity contribution in [3.8, 4) is 11.1 Å². The minimum atomic E-state index is -0.360. The molecule has 1 aliphatic heterocycles. The van der Waals surface area contributed by atoms with E-state index in [-0.39, 0.29) is 11.3 Å². The minimum absolute atomic E-state index is 0.166. The van der Waals surface area contributed by atoms with Gasteiger partial charge < -0.3 is 10.2 Å². The van der Waals surface area contributed by atoms with Crippen LogP contribution in [0.2, 0.25) is 0 Å². The quantitative estimate of drug-likeness (QED) is 0.626. The summed E-state index contributed by atoms with van der Waals surface area (Å²) in [4.78, 5) is 19.7. The van der Waals surface area contributed by atoms with E-state index in [4.69, 9.17) is 0 Å². The van der Waals surface area contributed by atoms with Gasteiger partial charge in [0.15, 0.2) is 0 Å². The van der Waals surface area contributed by atoms with Crippen molar-refractivity contribution >= 4 is 5.91 Å². The molecule has 2 aromatic carbocycles. The third kappa shape index (κ3) is 5.02. The van der Waals surface area contributed by atoms with Crippen LogP contribution in [0.25, 0.3) is 11.1 Å². The minimum Gasteiger partial charge on any atom is -0.359 e. The lowest BCUT2D eigenvalue weighted by Crippen LogP contribution is -2.49. The van der Waals surface area contributed by atoms with Gasteiger partial charge in [0.1, 0.15) is 0 Å². The molecule has 1 aliphatic rings. The molecule has 0 bridgehead atoms. The van der Waals surface area contributed by atoms with E-state index in [1.807, 2.05) is 24.5 Å². The first-order chi connectivity index (χ1) is 15.2. The van der Waals surface area contributed by atoms with Crippen LogP contribution in [0.4, 0.5) is 0 Å². The largest absolute Gasteiger partial charge is 0.359 e. The summed E-state index contributed by atoms with van der Waals surface area (Å²) in [7, 11) is 1.76. The smallest absolute Gasteiger partial charge is 0.226 e. The number of carbonyl (C=O) groups is 1. The highest BCUT2D eigenvalue weighted by Crippen LogP contribution is 2.38. The van der Waals surface area contributed by atoms with Crippen molar-refractivity contribution in [2.45, 2.75) is 25.7 Å². The third-order valence-electron chi connectivity index (χ3n) is 6.62. The fourth-order valence-electron chi connectivity index (χ4n) is 4.74. The lowest BCUT2D eigenvalue weighted by atomic mass is 9.72. The second-order valence-corrected chi connectivity index (χ2v) is 8.51. The molecule has 0 atom stereocenters. The number of benzene rings is 2. The topological polar surface area (TPSA) is 45.2 Å². The zero-order chi connectivity index (χ0) is 21.5. The van der Waals surface area contributed by atoms with E-state index in [1.165, 1.54) is 16.7 Å². The molecule has 1 amide bonds. The fraction of sp³-hybridized carbons (Fsp3) is 0.333. The van der Waals surface area contributed by atoms with Gasteiger partial charge in [-0.15, -0.1) is 0 Å². The molecule has 0 spiro atoms. The molecule has 1 N–H and O–H groups in total. The first kappa shape index (κ1) is 21.3. The molecule has 2 heterocycles. The Labute approximate surface area is 185 Å². The average Bonchev–Trinajstić information content (AvgIpc) is 2.84. The maximum Gasteiger partial charge on any atom is 0.226 e. The Balaban J connectivity index is 1.49. The zero-order valence-electron chi connectivity index (χ0n) is 18.3. The first-order valence-corrected chi connectivity index (χ1v) is 11.2. The van der Waals surface area contributed by atoms with Crippen LogP contribution in [0.3, 0.4) is 0 Å². The van der Waals surface area contributed by atoms with Crippen LogP contribution in [-0.2, 0) is 17.6 Å². The van der Waals surface area contributed by atoms with E-state index >= 15 is 0 Å². The highest BCUT2D eigenvalue weighted by molar-refractivity contribution is 5.83. The van der Waals surface area contributed by atoms with E-state index in [0.29, 0.717) is 0 Å². The number of rotatable bonds is 7. The Kier molecular flexibility index (Phi) is 6.78. The number of carbonyl (C=O) groups excluding carboxylic acids is 1. The van der Waals surface area contributed by atoms with Crippen molar-refractivity contribution in [3.63, 3.8) is 0 Å². The summed E-state index contributed by atoms with van der Waals surface area (Å²) in [6.45, 7) is 2.96. The number of nitrogens with zero attached hydrogens (tertiary/aromatic N) is 2. The second kappa shape index (κ2) is 9.88. The molecular weight excluding hydrogens is 382 g/mol. The molecule has 0 aliphatic carbocycles. The summed E-state index contributed by atoms with van der Waals surface area (Å²) in [5.41, 5.74) is 4.59. The summed E-state index contributed by atoms with van der Waals surface area (Å²) in [6.07, 6.45) is 7.23. The van der Waals surface area contributed by atoms with Crippen molar-refractivity contribution in [1.29, 1.82) is 0 Å². The van der Waals surface area contributed by atoms with Crippen LogP contribution >= 0.6 is 0 Å². The molecule has 160 valence electrons.